The van der Waals surface area contributed by atoms with Gasteiger partial charge in [-0.25, -0.2) is 18.1 Å². The number of hydrogen-bond acceptors (Lipinski definition) is 4. The molecule has 2 N–H and O–H groups in total. The Balaban J connectivity index is 2.73. The highest BCUT2D eigenvalue weighted by Crippen LogP contribution is 2.15. The van der Waals surface area contributed by atoms with Gasteiger partial charge in [0.1, 0.15) is 17.3 Å². The number of nitrogens with one attached hydrogen (secondary N) is 2. The summed E-state index contributed by atoms with van der Waals surface area (Å²) >= 11 is 0. The zero-order valence-electron chi connectivity index (χ0n) is 10.2. The molecule has 1 rings (SSSR count). The molecule has 5 nitrogen and oxygen atoms in total. The third kappa shape index (κ3) is 5.43. The molecule has 108 valence electrons. The Hall–Kier alpha value is -1.35. The third-order valence-corrected chi connectivity index (χ3v) is 3.45. The van der Waals surface area contributed by atoms with Crippen LogP contribution >= 0.6 is 0 Å². The maximum atomic E-state index is 12.0. The minimum atomic E-state index is -4.59. The van der Waals surface area contributed by atoms with Gasteiger partial charge in [0, 0.05) is 12.7 Å². The molecule has 0 amide bonds. The van der Waals surface area contributed by atoms with E-state index in [2.05, 4.69) is 10.3 Å². The lowest BCUT2D eigenvalue weighted by atomic mass is 10.4. The Kier molecular flexibility index (Phi) is 5.12. The average Bonchev–Trinajstić information content (AvgIpc) is 2.34. The van der Waals surface area contributed by atoms with Gasteiger partial charge in [-0.2, -0.15) is 13.2 Å². The molecule has 0 saturated carbocycles. The molecular formula is C10H14F3N3O2S. The van der Waals surface area contributed by atoms with Gasteiger partial charge in [0.05, 0.1) is 0 Å². The minimum absolute atomic E-state index is 0.307. The van der Waals surface area contributed by atoms with Crippen molar-refractivity contribution < 1.29 is 21.6 Å². The Morgan fingerprint density at radius 3 is 2.47 bits per heavy atom. The van der Waals surface area contributed by atoms with E-state index in [9.17, 15) is 21.6 Å². The van der Waals surface area contributed by atoms with Crippen molar-refractivity contribution in [1.82, 2.24) is 9.71 Å². The van der Waals surface area contributed by atoms with E-state index in [1.54, 1.807) is 0 Å². The molecule has 0 saturated heterocycles. The van der Waals surface area contributed by atoms with E-state index >= 15 is 0 Å². The lowest BCUT2D eigenvalue weighted by molar-refractivity contribution is -0.121. The van der Waals surface area contributed by atoms with Gasteiger partial charge >= 0.3 is 6.18 Å². The second kappa shape index (κ2) is 6.20. The van der Waals surface area contributed by atoms with Gasteiger partial charge in [-0.3, -0.25) is 0 Å². The van der Waals surface area contributed by atoms with Crippen LogP contribution in [0.2, 0.25) is 0 Å². The highest BCUT2D eigenvalue weighted by Gasteiger charge is 2.30. The molecule has 0 radical (unpaired) electrons. The van der Waals surface area contributed by atoms with Crippen molar-refractivity contribution in [3.63, 3.8) is 0 Å². The summed E-state index contributed by atoms with van der Waals surface area (Å²) in [5.74, 6) is 0.469. The number of aromatic nitrogens is 1. The number of sulfonamides is 1. The van der Waals surface area contributed by atoms with Crippen LogP contribution in [0.15, 0.2) is 23.2 Å². The van der Waals surface area contributed by atoms with Gasteiger partial charge in [0.15, 0.2) is 0 Å². The van der Waals surface area contributed by atoms with Crippen molar-refractivity contribution >= 4 is 15.8 Å². The van der Waals surface area contributed by atoms with Crippen molar-refractivity contribution in [2.75, 3.05) is 18.4 Å². The van der Waals surface area contributed by atoms with Crippen LogP contribution in [0.4, 0.5) is 19.0 Å². The largest absolute Gasteiger partial charge is 0.402 e. The topological polar surface area (TPSA) is 71.1 Å². The number of nitrogens with zero attached hydrogens (tertiary/aromatic N) is 1. The van der Waals surface area contributed by atoms with Crippen LogP contribution in [0.25, 0.3) is 0 Å². The molecule has 0 unspecified atom stereocenters. The molecule has 0 fully saturated rings. The van der Waals surface area contributed by atoms with Gasteiger partial charge in [-0.15, -0.1) is 0 Å². The molecule has 0 aromatic carbocycles. The standard InChI is InChI=1S/C10H14F3N3O2S/c1-2-5-14-9-4-3-8(6-15-9)19(17,18)16-7-10(11,12)13/h3-4,6,16H,2,5,7H2,1H3,(H,14,15). The van der Waals surface area contributed by atoms with Crippen molar-refractivity contribution in [2.24, 2.45) is 0 Å². The first kappa shape index (κ1) is 15.7. The van der Waals surface area contributed by atoms with Crippen LogP contribution in [0.5, 0.6) is 0 Å². The van der Waals surface area contributed by atoms with E-state index in [4.69, 9.17) is 0 Å². The fraction of sp³-hybridized carbons (Fsp3) is 0.500. The Morgan fingerprint density at radius 2 is 2.00 bits per heavy atom. The Bertz CT molecular complexity index is 500. The molecule has 0 aliphatic heterocycles. The molecule has 0 aliphatic rings. The Labute approximate surface area is 109 Å². The number of halogens is 3. The molecule has 0 atom stereocenters. The number of hydrogen-bond donors (Lipinski definition) is 2. The number of rotatable bonds is 6. The highest BCUT2D eigenvalue weighted by atomic mass is 32.2. The van der Waals surface area contributed by atoms with Crippen LogP contribution in [-0.4, -0.2) is 32.7 Å². The maximum absolute atomic E-state index is 12.0. The van der Waals surface area contributed by atoms with Crippen LogP contribution in [0, 0.1) is 0 Å². The van der Waals surface area contributed by atoms with E-state index in [1.807, 2.05) is 6.92 Å². The van der Waals surface area contributed by atoms with Gasteiger partial charge in [-0.05, 0) is 18.6 Å². The lowest BCUT2D eigenvalue weighted by Gasteiger charge is -2.09. The van der Waals surface area contributed by atoms with E-state index in [-0.39, 0.29) is 4.90 Å². The smallest absolute Gasteiger partial charge is 0.370 e. The van der Waals surface area contributed by atoms with Crippen LogP contribution in [0.1, 0.15) is 13.3 Å². The molecule has 1 aromatic heterocycles. The van der Waals surface area contributed by atoms with E-state index in [0.717, 1.165) is 12.6 Å². The van der Waals surface area contributed by atoms with Crippen LogP contribution < -0.4 is 10.0 Å². The van der Waals surface area contributed by atoms with Gasteiger partial charge in [0.25, 0.3) is 0 Å². The van der Waals surface area contributed by atoms with Crippen molar-refractivity contribution in [3.8, 4) is 0 Å². The number of pyridine rings is 1. The Morgan fingerprint density at radius 1 is 1.32 bits per heavy atom. The zero-order valence-corrected chi connectivity index (χ0v) is 11.0. The summed E-state index contributed by atoms with van der Waals surface area (Å²) < 4.78 is 60.4. The van der Waals surface area contributed by atoms with Crippen LogP contribution in [-0.2, 0) is 10.0 Å². The molecule has 0 spiro atoms. The second-order valence-corrected chi connectivity index (χ2v) is 5.51. The normalized spacial score (nSPS) is 12.4. The quantitative estimate of drug-likeness (QED) is 0.839. The average molecular weight is 297 g/mol. The summed E-state index contributed by atoms with van der Waals surface area (Å²) in [7, 11) is -4.19. The fourth-order valence-electron chi connectivity index (χ4n) is 1.16. The monoisotopic (exact) mass is 297 g/mol. The first-order valence-corrected chi connectivity index (χ1v) is 6.99. The van der Waals surface area contributed by atoms with Crippen molar-refractivity contribution in [2.45, 2.75) is 24.4 Å². The van der Waals surface area contributed by atoms with Crippen molar-refractivity contribution in [3.05, 3.63) is 18.3 Å². The van der Waals surface area contributed by atoms with Crippen molar-refractivity contribution in [1.29, 1.82) is 0 Å². The molecule has 19 heavy (non-hydrogen) atoms. The minimum Gasteiger partial charge on any atom is -0.370 e. The predicted molar refractivity (Wildman–Crippen MR) is 64.3 cm³/mol. The molecule has 0 bridgehead atoms. The fourth-order valence-corrected chi connectivity index (χ4v) is 2.12. The predicted octanol–water partition coefficient (Wildman–Crippen LogP) is 1.74. The highest BCUT2D eigenvalue weighted by molar-refractivity contribution is 7.89. The zero-order chi connectivity index (χ0) is 14.5. The summed E-state index contributed by atoms with van der Waals surface area (Å²) in [6, 6.07) is 2.60. The first-order chi connectivity index (χ1) is 8.74. The van der Waals surface area contributed by atoms with E-state index in [0.29, 0.717) is 12.4 Å². The molecule has 1 heterocycles. The summed E-state index contributed by atoms with van der Waals surface area (Å²) in [6.07, 6.45) is -2.71. The lowest BCUT2D eigenvalue weighted by Crippen LogP contribution is -2.33. The number of alkyl halides is 3. The van der Waals surface area contributed by atoms with Gasteiger partial charge < -0.3 is 5.32 Å². The van der Waals surface area contributed by atoms with E-state index in [1.165, 1.54) is 16.9 Å². The van der Waals surface area contributed by atoms with Gasteiger partial charge in [-0.1, -0.05) is 6.92 Å². The first-order valence-electron chi connectivity index (χ1n) is 5.51. The number of anilines is 1. The SMILES string of the molecule is CCCNc1ccc(S(=O)(=O)NCC(F)(F)F)cn1. The summed E-state index contributed by atoms with van der Waals surface area (Å²) in [5.41, 5.74) is 0. The molecule has 9 heteroatoms. The summed E-state index contributed by atoms with van der Waals surface area (Å²) in [4.78, 5) is 3.51. The second-order valence-electron chi connectivity index (χ2n) is 3.75. The van der Waals surface area contributed by atoms with E-state index < -0.39 is 22.7 Å². The van der Waals surface area contributed by atoms with Gasteiger partial charge in [0.2, 0.25) is 10.0 Å². The molecule has 0 aliphatic carbocycles. The van der Waals surface area contributed by atoms with Crippen LogP contribution in [0.3, 0.4) is 0 Å². The maximum Gasteiger partial charge on any atom is 0.402 e. The summed E-state index contributed by atoms with van der Waals surface area (Å²) in [5, 5.41) is 2.92. The summed E-state index contributed by atoms with van der Waals surface area (Å²) in [6.45, 7) is 1.02. The third-order valence-electron chi connectivity index (χ3n) is 2.07. The molecular weight excluding hydrogens is 283 g/mol. The molecule has 1 aromatic rings.